The number of ether oxygens (including phenoxy) is 1. The molecule has 1 heterocycles. The topological polar surface area (TPSA) is 84.8 Å². The molecule has 29 heavy (non-hydrogen) atoms. The fourth-order valence-corrected chi connectivity index (χ4v) is 2.44. The fraction of sp³-hybridized carbons (Fsp3) is 0.227. The number of benzene rings is 2. The molecule has 0 bridgehead atoms. The maximum Gasteiger partial charge on any atom is 0.285 e. The molecular formula is C22H23N3O4. The van der Waals surface area contributed by atoms with E-state index < -0.39 is 11.5 Å². The minimum Gasteiger partial charge on any atom is -0.505 e. The number of hydrogen-bond acceptors (Lipinski definition) is 6. The Morgan fingerprint density at radius 1 is 1.03 bits per heavy atom. The minimum atomic E-state index is -0.668. The first kappa shape index (κ1) is 20.3. The van der Waals surface area contributed by atoms with Gasteiger partial charge in [-0.15, -0.1) is 5.06 Å². The minimum absolute atomic E-state index is 0.0262. The largest absolute Gasteiger partial charge is 0.505 e. The van der Waals surface area contributed by atoms with Crippen molar-refractivity contribution >= 4 is 11.9 Å². The second-order valence-corrected chi connectivity index (χ2v) is 7.35. The van der Waals surface area contributed by atoms with E-state index in [2.05, 4.69) is 9.97 Å². The van der Waals surface area contributed by atoms with E-state index in [1.807, 2.05) is 51.1 Å². The van der Waals surface area contributed by atoms with Crippen LogP contribution in [0.5, 0.6) is 11.5 Å². The molecule has 0 saturated carbocycles. The number of hydroxylamine groups is 1. The van der Waals surface area contributed by atoms with E-state index in [0.717, 1.165) is 10.6 Å². The van der Waals surface area contributed by atoms with Crippen LogP contribution in [0.15, 0.2) is 67.0 Å². The zero-order valence-electron chi connectivity index (χ0n) is 16.6. The summed E-state index contributed by atoms with van der Waals surface area (Å²) in [6.45, 7) is 5.83. The highest BCUT2D eigenvalue weighted by molar-refractivity contribution is 6.04. The summed E-state index contributed by atoms with van der Waals surface area (Å²) in [5.41, 5.74) is 0.717. The van der Waals surface area contributed by atoms with Crippen LogP contribution in [0.2, 0.25) is 0 Å². The highest BCUT2D eigenvalue weighted by Gasteiger charge is 2.27. The Labute approximate surface area is 169 Å². The smallest absolute Gasteiger partial charge is 0.285 e. The van der Waals surface area contributed by atoms with E-state index in [-0.39, 0.29) is 11.7 Å². The van der Waals surface area contributed by atoms with Gasteiger partial charge in [0.25, 0.3) is 11.9 Å². The molecule has 0 aliphatic rings. The van der Waals surface area contributed by atoms with Crippen molar-refractivity contribution in [3.05, 3.63) is 78.1 Å². The molecule has 1 aromatic heterocycles. The average molecular weight is 393 g/mol. The Hall–Kier alpha value is -3.45. The number of aromatic hydroxyl groups is 1. The first-order valence-corrected chi connectivity index (χ1v) is 9.13. The quantitative estimate of drug-likeness (QED) is 0.634. The molecule has 0 aliphatic carbocycles. The van der Waals surface area contributed by atoms with Gasteiger partial charge in [0, 0.05) is 5.56 Å². The van der Waals surface area contributed by atoms with Gasteiger partial charge in [-0.1, -0.05) is 36.4 Å². The van der Waals surface area contributed by atoms with Crippen LogP contribution in [0, 0.1) is 0 Å². The van der Waals surface area contributed by atoms with Gasteiger partial charge in [0.1, 0.15) is 12.4 Å². The molecule has 7 heteroatoms. The summed E-state index contributed by atoms with van der Waals surface area (Å²) in [7, 11) is 0. The van der Waals surface area contributed by atoms with Crippen molar-refractivity contribution in [2.45, 2.75) is 33.0 Å². The van der Waals surface area contributed by atoms with Crippen LogP contribution in [0.4, 0.5) is 5.95 Å². The highest BCUT2D eigenvalue weighted by Crippen LogP contribution is 2.22. The van der Waals surface area contributed by atoms with Crippen molar-refractivity contribution in [1.82, 2.24) is 9.97 Å². The van der Waals surface area contributed by atoms with Crippen LogP contribution in [-0.4, -0.2) is 26.6 Å². The van der Waals surface area contributed by atoms with Crippen LogP contribution in [0.1, 0.15) is 36.7 Å². The predicted molar refractivity (Wildman–Crippen MR) is 109 cm³/mol. The van der Waals surface area contributed by atoms with Crippen LogP contribution in [0.3, 0.4) is 0 Å². The third-order valence-corrected chi connectivity index (χ3v) is 3.69. The molecule has 3 rings (SSSR count). The fourth-order valence-electron chi connectivity index (χ4n) is 2.44. The zero-order chi connectivity index (χ0) is 20.9. The summed E-state index contributed by atoms with van der Waals surface area (Å²) in [6, 6.07) is 16.6. The maximum absolute atomic E-state index is 13.1. The van der Waals surface area contributed by atoms with Gasteiger partial charge in [0.15, 0.2) is 5.75 Å². The summed E-state index contributed by atoms with van der Waals surface area (Å²) in [6.07, 6.45) is 2.40. The number of nitrogens with zero attached hydrogens (tertiary/aromatic N) is 3. The molecule has 2 aromatic carbocycles. The lowest BCUT2D eigenvalue weighted by Crippen LogP contribution is -2.39. The predicted octanol–water partition coefficient (Wildman–Crippen LogP) is 4.14. The molecule has 0 saturated heterocycles. The lowest BCUT2D eigenvalue weighted by Gasteiger charge is -2.28. The van der Waals surface area contributed by atoms with E-state index in [1.54, 1.807) is 24.3 Å². The van der Waals surface area contributed by atoms with Crippen molar-refractivity contribution in [3.63, 3.8) is 0 Å². The van der Waals surface area contributed by atoms with Gasteiger partial charge in [0.05, 0.1) is 18.0 Å². The maximum atomic E-state index is 13.1. The number of aromatic nitrogens is 2. The Morgan fingerprint density at radius 3 is 2.38 bits per heavy atom. The summed E-state index contributed by atoms with van der Waals surface area (Å²) < 4.78 is 5.81. The van der Waals surface area contributed by atoms with Gasteiger partial charge in [-0.05, 0) is 44.5 Å². The number of hydrogen-bond donors (Lipinski definition) is 1. The SMILES string of the molecule is CC(C)(C)ON(C(=O)c1cccc(OCc2ccccc2)c1)c1ncc(O)cn1. The van der Waals surface area contributed by atoms with Gasteiger partial charge in [-0.25, -0.2) is 9.97 Å². The molecule has 0 spiro atoms. The lowest BCUT2D eigenvalue weighted by atomic mass is 10.2. The van der Waals surface area contributed by atoms with Crippen molar-refractivity contribution < 1.29 is 19.5 Å². The summed E-state index contributed by atoms with van der Waals surface area (Å²) in [5, 5.41) is 10.5. The molecule has 1 N–H and O–H groups in total. The standard InChI is InChI=1S/C22H23N3O4/c1-22(2,3)29-25(21-23-13-18(26)14-24-21)20(27)17-10-7-11-19(12-17)28-15-16-8-5-4-6-9-16/h4-14,26H,15H2,1-3H3. The number of carbonyl (C=O) groups is 1. The van der Waals surface area contributed by atoms with E-state index in [1.165, 1.54) is 12.4 Å². The third kappa shape index (κ3) is 5.76. The number of anilines is 1. The first-order valence-electron chi connectivity index (χ1n) is 9.13. The number of carbonyl (C=O) groups excluding carboxylic acids is 1. The van der Waals surface area contributed by atoms with Crippen LogP contribution < -0.4 is 9.80 Å². The Balaban J connectivity index is 1.82. The summed E-state index contributed by atoms with van der Waals surface area (Å²) >= 11 is 0. The molecule has 1 amide bonds. The molecule has 0 radical (unpaired) electrons. The van der Waals surface area contributed by atoms with Gasteiger partial charge in [0.2, 0.25) is 0 Å². The zero-order valence-corrected chi connectivity index (χ0v) is 16.6. The molecule has 150 valence electrons. The molecule has 0 atom stereocenters. The highest BCUT2D eigenvalue weighted by atomic mass is 16.7. The van der Waals surface area contributed by atoms with Gasteiger partial charge < -0.3 is 9.84 Å². The van der Waals surface area contributed by atoms with Crippen LogP contribution in [-0.2, 0) is 11.4 Å². The van der Waals surface area contributed by atoms with E-state index in [9.17, 15) is 9.90 Å². The molecule has 3 aromatic rings. The molecule has 0 aliphatic heterocycles. The Kier molecular flexibility index (Phi) is 6.09. The normalized spacial score (nSPS) is 11.1. The summed E-state index contributed by atoms with van der Waals surface area (Å²) in [4.78, 5) is 26.9. The first-order chi connectivity index (χ1) is 13.8. The van der Waals surface area contributed by atoms with Crippen molar-refractivity contribution in [3.8, 4) is 11.5 Å². The Bertz CT molecular complexity index is 954. The molecule has 0 fully saturated rings. The molecular weight excluding hydrogens is 370 g/mol. The average Bonchev–Trinajstić information content (AvgIpc) is 2.71. The van der Waals surface area contributed by atoms with Gasteiger partial charge in [-0.2, -0.15) is 0 Å². The van der Waals surface area contributed by atoms with Crippen molar-refractivity contribution in [2.24, 2.45) is 0 Å². The second kappa shape index (κ2) is 8.70. The third-order valence-electron chi connectivity index (χ3n) is 3.69. The van der Waals surface area contributed by atoms with Gasteiger partial charge >= 0.3 is 0 Å². The second-order valence-electron chi connectivity index (χ2n) is 7.35. The van der Waals surface area contributed by atoms with Crippen molar-refractivity contribution in [1.29, 1.82) is 0 Å². The summed E-state index contributed by atoms with van der Waals surface area (Å²) in [5.74, 6) is 0.0318. The van der Waals surface area contributed by atoms with E-state index in [0.29, 0.717) is 17.9 Å². The van der Waals surface area contributed by atoms with Crippen LogP contribution >= 0.6 is 0 Å². The van der Waals surface area contributed by atoms with Crippen molar-refractivity contribution in [2.75, 3.05) is 5.06 Å². The number of amides is 1. The molecule has 0 unspecified atom stereocenters. The van der Waals surface area contributed by atoms with E-state index in [4.69, 9.17) is 9.57 Å². The number of rotatable bonds is 6. The van der Waals surface area contributed by atoms with Gasteiger partial charge in [-0.3, -0.25) is 9.63 Å². The Morgan fingerprint density at radius 2 is 1.72 bits per heavy atom. The molecule has 7 nitrogen and oxygen atoms in total. The van der Waals surface area contributed by atoms with Crippen LogP contribution in [0.25, 0.3) is 0 Å². The monoisotopic (exact) mass is 393 g/mol. The van der Waals surface area contributed by atoms with E-state index >= 15 is 0 Å². The lowest BCUT2D eigenvalue weighted by molar-refractivity contribution is -0.0177.